The average Bonchev–Trinajstić information content (AvgIpc) is 2.56. The van der Waals surface area contributed by atoms with Crippen LogP contribution in [0.1, 0.15) is 30.6 Å². The molecule has 0 aliphatic rings. The molecule has 0 saturated carbocycles. The number of aliphatic hydroxyl groups excluding tert-OH is 1. The summed E-state index contributed by atoms with van der Waals surface area (Å²) >= 11 is 0. The fourth-order valence-corrected chi connectivity index (χ4v) is 2.18. The first kappa shape index (κ1) is 16.0. The van der Waals surface area contributed by atoms with Gasteiger partial charge >= 0.3 is 0 Å². The Hall–Kier alpha value is -2.34. The molecule has 2 heterocycles. The van der Waals surface area contributed by atoms with Crippen molar-refractivity contribution in [3.63, 3.8) is 0 Å². The Kier molecular flexibility index (Phi) is 5.97. The van der Waals surface area contributed by atoms with Gasteiger partial charge in [-0.1, -0.05) is 13.0 Å². The van der Waals surface area contributed by atoms with Crippen LogP contribution in [-0.4, -0.2) is 44.0 Å². The zero-order valence-corrected chi connectivity index (χ0v) is 12.6. The number of aromatic nitrogens is 3. The standard InChI is InChI=1S/C16H20N4O2/c1-2-6-20(11-15(21)14-4-3-5-17-10-14)16(22)7-13-8-18-12-19-9-13/h3-5,8-10,12,15,21H,2,6-7,11H2,1H3/t15-/m1/s1. The third-order valence-electron chi connectivity index (χ3n) is 3.28. The van der Waals surface area contributed by atoms with Gasteiger partial charge in [-0.15, -0.1) is 0 Å². The lowest BCUT2D eigenvalue weighted by Gasteiger charge is -2.25. The molecule has 6 heteroatoms. The first-order chi connectivity index (χ1) is 10.7. The van der Waals surface area contributed by atoms with Crippen molar-refractivity contribution in [1.82, 2.24) is 19.9 Å². The van der Waals surface area contributed by atoms with Crippen molar-refractivity contribution in [3.8, 4) is 0 Å². The molecule has 116 valence electrons. The van der Waals surface area contributed by atoms with Crippen molar-refractivity contribution < 1.29 is 9.90 Å². The molecule has 2 aromatic rings. The molecule has 1 atom stereocenters. The normalized spacial score (nSPS) is 11.9. The predicted octanol–water partition coefficient (Wildman–Crippen LogP) is 1.39. The van der Waals surface area contributed by atoms with E-state index < -0.39 is 6.10 Å². The van der Waals surface area contributed by atoms with Gasteiger partial charge in [0.25, 0.3) is 0 Å². The lowest BCUT2D eigenvalue weighted by atomic mass is 10.1. The van der Waals surface area contributed by atoms with Gasteiger partial charge in [-0.05, 0) is 18.1 Å². The summed E-state index contributed by atoms with van der Waals surface area (Å²) in [5.74, 6) is -0.0420. The summed E-state index contributed by atoms with van der Waals surface area (Å²) in [6.45, 7) is 2.86. The maximum Gasteiger partial charge on any atom is 0.227 e. The van der Waals surface area contributed by atoms with Gasteiger partial charge in [0.2, 0.25) is 5.91 Å². The van der Waals surface area contributed by atoms with Gasteiger partial charge in [0.15, 0.2) is 0 Å². The molecule has 0 radical (unpaired) electrons. The van der Waals surface area contributed by atoms with Crippen LogP contribution in [0, 0.1) is 0 Å². The Morgan fingerprint density at radius 1 is 1.27 bits per heavy atom. The van der Waals surface area contributed by atoms with Crippen LogP contribution in [0.15, 0.2) is 43.2 Å². The van der Waals surface area contributed by atoms with Crippen LogP contribution in [-0.2, 0) is 11.2 Å². The van der Waals surface area contributed by atoms with Gasteiger partial charge in [-0.25, -0.2) is 9.97 Å². The van der Waals surface area contributed by atoms with E-state index >= 15 is 0 Å². The van der Waals surface area contributed by atoms with E-state index in [1.807, 2.05) is 6.92 Å². The van der Waals surface area contributed by atoms with Crippen molar-refractivity contribution in [1.29, 1.82) is 0 Å². The molecule has 2 rings (SSSR count). The summed E-state index contributed by atoms with van der Waals surface area (Å²) in [6, 6.07) is 3.57. The highest BCUT2D eigenvalue weighted by atomic mass is 16.3. The Morgan fingerprint density at radius 2 is 2.05 bits per heavy atom. The lowest BCUT2D eigenvalue weighted by Crippen LogP contribution is -2.36. The second kappa shape index (κ2) is 8.19. The number of hydrogen-bond acceptors (Lipinski definition) is 5. The zero-order valence-electron chi connectivity index (χ0n) is 12.6. The van der Waals surface area contributed by atoms with Gasteiger partial charge in [0, 0.05) is 36.9 Å². The minimum absolute atomic E-state index is 0.0420. The molecule has 0 saturated heterocycles. The number of carbonyl (C=O) groups is 1. The lowest BCUT2D eigenvalue weighted by molar-refractivity contribution is -0.132. The minimum Gasteiger partial charge on any atom is -0.386 e. The molecule has 1 amide bonds. The van der Waals surface area contributed by atoms with Crippen molar-refractivity contribution in [3.05, 3.63) is 54.4 Å². The average molecular weight is 300 g/mol. The van der Waals surface area contributed by atoms with Crippen LogP contribution < -0.4 is 0 Å². The highest BCUT2D eigenvalue weighted by Crippen LogP contribution is 2.14. The first-order valence-electron chi connectivity index (χ1n) is 7.30. The SMILES string of the molecule is CCCN(C[C@@H](O)c1cccnc1)C(=O)Cc1cncnc1. The summed E-state index contributed by atoms with van der Waals surface area (Å²) in [5, 5.41) is 10.3. The summed E-state index contributed by atoms with van der Waals surface area (Å²) in [7, 11) is 0. The van der Waals surface area contributed by atoms with E-state index in [1.165, 1.54) is 6.33 Å². The van der Waals surface area contributed by atoms with E-state index in [2.05, 4.69) is 15.0 Å². The van der Waals surface area contributed by atoms with E-state index in [4.69, 9.17) is 0 Å². The van der Waals surface area contributed by atoms with Crippen LogP contribution >= 0.6 is 0 Å². The fourth-order valence-electron chi connectivity index (χ4n) is 2.18. The van der Waals surface area contributed by atoms with Gasteiger partial charge < -0.3 is 10.0 Å². The van der Waals surface area contributed by atoms with Crippen LogP contribution in [0.2, 0.25) is 0 Å². The summed E-state index contributed by atoms with van der Waals surface area (Å²) in [5.41, 5.74) is 1.48. The van der Waals surface area contributed by atoms with E-state index in [0.29, 0.717) is 12.1 Å². The summed E-state index contributed by atoms with van der Waals surface area (Å²) in [6.07, 6.45) is 8.29. The van der Waals surface area contributed by atoms with Gasteiger partial charge in [-0.2, -0.15) is 0 Å². The predicted molar refractivity (Wildman–Crippen MR) is 81.8 cm³/mol. The molecule has 0 fully saturated rings. The van der Waals surface area contributed by atoms with Crippen LogP contribution in [0.5, 0.6) is 0 Å². The topological polar surface area (TPSA) is 79.2 Å². The maximum absolute atomic E-state index is 12.4. The second-order valence-corrected chi connectivity index (χ2v) is 5.07. The van der Waals surface area contributed by atoms with Crippen molar-refractivity contribution in [2.75, 3.05) is 13.1 Å². The van der Waals surface area contributed by atoms with E-state index in [9.17, 15) is 9.90 Å². The molecule has 0 bridgehead atoms. The number of amides is 1. The summed E-state index contributed by atoms with van der Waals surface area (Å²) in [4.78, 5) is 25.9. The molecule has 0 aliphatic heterocycles. The molecule has 0 aromatic carbocycles. The molecular weight excluding hydrogens is 280 g/mol. The van der Waals surface area contributed by atoms with E-state index in [1.54, 1.807) is 41.8 Å². The Morgan fingerprint density at radius 3 is 2.68 bits per heavy atom. The quantitative estimate of drug-likeness (QED) is 0.836. The van der Waals surface area contributed by atoms with Gasteiger partial charge in [0.1, 0.15) is 6.33 Å². The number of rotatable bonds is 7. The van der Waals surface area contributed by atoms with Crippen LogP contribution in [0.3, 0.4) is 0 Å². The number of nitrogens with zero attached hydrogens (tertiary/aromatic N) is 4. The monoisotopic (exact) mass is 300 g/mol. The van der Waals surface area contributed by atoms with Crippen LogP contribution in [0.4, 0.5) is 0 Å². The number of aliphatic hydroxyl groups is 1. The largest absolute Gasteiger partial charge is 0.386 e. The third kappa shape index (κ3) is 4.60. The molecule has 0 unspecified atom stereocenters. The Labute approximate surface area is 129 Å². The Bertz CT molecular complexity index is 577. The van der Waals surface area contributed by atoms with E-state index in [0.717, 1.165) is 12.0 Å². The number of pyridine rings is 1. The Balaban J connectivity index is 2.01. The minimum atomic E-state index is -0.740. The van der Waals surface area contributed by atoms with Gasteiger partial charge in [0.05, 0.1) is 19.1 Å². The smallest absolute Gasteiger partial charge is 0.227 e. The van der Waals surface area contributed by atoms with Gasteiger partial charge in [-0.3, -0.25) is 9.78 Å². The van der Waals surface area contributed by atoms with Crippen LogP contribution in [0.25, 0.3) is 0 Å². The molecule has 0 aliphatic carbocycles. The van der Waals surface area contributed by atoms with Crippen molar-refractivity contribution in [2.45, 2.75) is 25.9 Å². The highest BCUT2D eigenvalue weighted by Gasteiger charge is 2.18. The third-order valence-corrected chi connectivity index (χ3v) is 3.28. The van der Waals surface area contributed by atoms with E-state index in [-0.39, 0.29) is 18.9 Å². The maximum atomic E-state index is 12.4. The second-order valence-electron chi connectivity index (χ2n) is 5.07. The zero-order chi connectivity index (χ0) is 15.8. The van der Waals surface area contributed by atoms with Crippen molar-refractivity contribution in [2.24, 2.45) is 0 Å². The summed E-state index contributed by atoms with van der Waals surface area (Å²) < 4.78 is 0. The molecule has 0 spiro atoms. The number of hydrogen-bond donors (Lipinski definition) is 1. The molecule has 2 aromatic heterocycles. The van der Waals surface area contributed by atoms with Crippen molar-refractivity contribution >= 4 is 5.91 Å². The molecule has 22 heavy (non-hydrogen) atoms. The molecular formula is C16H20N4O2. The first-order valence-corrected chi connectivity index (χ1v) is 7.30. The molecule has 1 N–H and O–H groups in total. The fraction of sp³-hybridized carbons (Fsp3) is 0.375. The number of carbonyl (C=O) groups excluding carboxylic acids is 1. The molecule has 6 nitrogen and oxygen atoms in total. The highest BCUT2D eigenvalue weighted by molar-refractivity contribution is 5.78.